The van der Waals surface area contributed by atoms with E-state index < -0.39 is 0 Å². The number of nitrogens with zero attached hydrogens (tertiary/aromatic N) is 1. The van der Waals surface area contributed by atoms with Crippen LogP contribution in [0.25, 0.3) is 33.1 Å². The van der Waals surface area contributed by atoms with Crippen molar-refractivity contribution in [2.24, 2.45) is 0 Å². The van der Waals surface area contributed by atoms with E-state index in [9.17, 15) is 4.79 Å². The number of hydrogen-bond donors (Lipinski definition) is 3. The molecule has 226 valence electrons. The smallest absolute Gasteiger partial charge is 0.363 e. The Bertz CT molecular complexity index is 1810. The first kappa shape index (κ1) is 29.9. The molecular weight excluding hydrogens is 558 g/mol. The van der Waals surface area contributed by atoms with Gasteiger partial charge in [-0.1, -0.05) is 67.4 Å². The fourth-order valence-corrected chi connectivity index (χ4v) is 5.72. The van der Waals surface area contributed by atoms with Crippen LogP contribution in [0, 0.1) is 0 Å². The minimum Gasteiger partial charge on any atom is -0.396 e. The fraction of sp³-hybridized carbons (Fsp3) is 0.179. The second kappa shape index (κ2) is 14.1. The highest BCUT2D eigenvalue weighted by Crippen LogP contribution is 2.40. The number of para-hydroxylation sites is 2. The summed E-state index contributed by atoms with van der Waals surface area (Å²) in [6.07, 6.45) is 3.64. The van der Waals surface area contributed by atoms with Gasteiger partial charge in [-0.3, -0.25) is 4.79 Å². The molecule has 0 saturated heterocycles. The van der Waals surface area contributed by atoms with Crippen LogP contribution in [0.5, 0.6) is 0 Å². The topological polar surface area (TPSA) is 75.9 Å². The summed E-state index contributed by atoms with van der Waals surface area (Å²) >= 11 is 0. The number of anilines is 4. The molecule has 6 rings (SSSR count). The highest BCUT2D eigenvalue weighted by molar-refractivity contribution is 6.13. The Labute approximate surface area is 264 Å². The summed E-state index contributed by atoms with van der Waals surface area (Å²) in [5.41, 5.74) is 7.71. The van der Waals surface area contributed by atoms with E-state index in [0.717, 1.165) is 81.5 Å². The predicted molar refractivity (Wildman–Crippen MR) is 186 cm³/mol. The van der Waals surface area contributed by atoms with E-state index in [1.54, 1.807) is 4.90 Å². The van der Waals surface area contributed by atoms with Crippen LogP contribution in [0.4, 0.5) is 22.7 Å². The summed E-state index contributed by atoms with van der Waals surface area (Å²) in [5.74, 6) is -0.0143. The summed E-state index contributed by atoms with van der Waals surface area (Å²) in [4.78, 5) is 15.7. The number of fused-ring (bicyclic) bond motifs is 2. The van der Waals surface area contributed by atoms with Gasteiger partial charge in [-0.25, -0.2) is 4.42 Å². The van der Waals surface area contributed by atoms with Crippen molar-refractivity contribution in [3.63, 3.8) is 0 Å². The summed E-state index contributed by atoms with van der Waals surface area (Å²) in [7, 11) is 1.87. The van der Waals surface area contributed by atoms with E-state index in [1.165, 1.54) is 0 Å². The first-order valence-corrected chi connectivity index (χ1v) is 15.5. The third-order valence-electron chi connectivity index (χ3n) is 8.02. The molecule has 45 heavy (non-hydrogen) atoms. The zero-order valence-electron chi connectivity index (χ0n) is 25.5. The zero-order chi connectivity index (χ0) is 31.0. The number of hydrogen-bond acceptors (Lipinski definition) is 4. The fourth-order valence-electron chi connectivity index (χ4n) is 5.72. The quantitative estimate of drug-likeness (QED) is 0.0745. The number of rotatable bonds is 12. The third-order valence-corrected chi connectivity index (χ3v) is 8.02. The van der Waals surface area contributed by atoms with Gasteiger partial charge in [-0.05, 0) is 73.0 Å². The molecule has 0 spiro atoms. The third kappa shape index (κ3) is 6.97. The lowest BCUT2D eigenvalue weighted by atomic mass is 9.92. The van der Waals surface area contributed by atoms with E-state index in [1.807, 2.05) is 104 Å². The lowest BCUT2D eigenvalue weighted by Crippen LogP contribution is -2.28. The second-order valence-corrected chi connectivity index (χ2v) is 11.3. The van der Waals surface area contributed by atoms with Crippen molar-refractivity contribution in [2.45, 2.75) is 25.7 Å². The van der Waals surface area contributed by atoms with Crippen molar-refractivity contribution >= 4 is 50.6 Å². The lowest BCUT2D eigenvalue weighted by Gasteiger charge is -2.19. The lowest BCUT2D eigenvalue weighted by molar-refractivity contribution is 0.0793. The molecule has 1 aromatic heterocycles. The zero-order valence-corrected chi connectivity index (χ0v) is 25.5. The van der Waals surface area contributed by atoms with Crippen molar-refractivity contribution in [2.75, 3.05) is 30.8 Å². The maximum Gasteiger partial charge on any atom is 0.363 e. The molecule has 0 saturated carbocycles. The Balaban J connectivity index is 1.44. The van der Waals surface area contributed by atoms with Crippen LogP contribution in [0.2, 0.25) is 0 Å². The van der Waals surface area contributed by atoms with E-state index in [0.29, 0.717) is 12.1 Å². The minimum absolute atomic E-state index is 0.0143. The number of aliphatic hydroxyl groups excluding tert-OH is 1. The molecule has 5 aromatic carbocycles. The maximum atomic E-state index is 13.9. The van der Waals surface area contributed by atoms with Gasteiger partial charge in [0.2, 0.25) is 0 Å². The Morgan fingerprint density at radius 1 is 0.644 bits per heavy atom. The summed E-state index contributed by atoms with van der Waals surface area (Å²) in [6.45, 7) is 0.869. The number of benzene rings is 5. The molecule has 0 aliphatic carbocycles. The number of unbranched alkanes of at least 4 members (excludes halogenated alkanes) is 3. The number of carbonyl (C=O) groups is 1. The van der Waals surface area contributed by atoms with Gasteiger partial charge in [-0.15, -0.1) is 0 Å². The van der Waals surface area contributed by atoms with Gasteiger partial charge in [0.25, 0.3) is 5.91 Å². The molecule has 0 unspecified atom stereocenters. The summed E-state index contributed by atoms with van der Waals surface area (Å²) < 4.78 is 6.61. The van der Waals surface area contributed by atoms with Gasteiger partial charge < -0.3 is 20.6 Å². The second-order valence-electron chi connectivity index (χ2n) is 11.3. The van der Waals surface area contributed by atoms with Crippen LogP contribution in [-0.4, -0.2) is 36.1 Å². The average molecular weight is 597 g/mol. The first-order valence-electron chi connectivity index (χ1n) is 15.5. The molecule has 3 N–H and O–H groups in total. The van der Waals surface area contributed by atoms with Crippen molar-refractivity contribution in [3.8, 4) is 11.1 Å². The van der Waals surface area contributed by atoms with Crippen LogP contribution >= 0.6 is 0 Å². The van der Waals surface area contributed by atoms with E-state index in [2.05, 4.69) is 34.9 Å². The molecule has 6 aromatic rings. The summed E-state index contributed by atoms with van der Waals surface area (Å²) in [5, 5.41) is 17.9. The molecule has 0 fully saturated rings. The van der Waals surface area contributed by atoms with Crippen molar-refractivity contribution in [3.05, 3.63) is 127 Å². The van der Waals surface area contributed by atoms with Gasteiger partial charge in [-0.2, -0.15) is 0 Å². The maximum absolute atomic E-state index is 13.9. The first-order chi connectivity index (χ1) is 22.1. The van der Waals surface area contributed by atoms with Crippen molar-refractivity contribution < 1.29 is 14.3 Å². The molecular formula is C39H38N3O3+. The minimum atomic E-state index is -0.0143. The number of nitrogens with one attached hydrogen (secondary N) is 2. The van der Waals surface area contributed by atoms with Crippen molar-refractivity contribution in [1.82, 2.24) is 4.90 Å². The SMILES string of the molecule is CN(CCCCCCO)C(=O)c1ccccc1-c1c2ccc(Nc3ccccc3)cc2[o+]c2cc(Nc3ccccc3)ccc12. The molecule has 1 amide bonds. The van der Waals surface area contributed by atoms with E-state index in [-0.39, 0.29) is 12.5 Å². The number of carbonyl (C=O) groups excluding carboxylic acids is 1. The van der Waals surface area contributed by atoms with Gasteiger partial charge in [0.15, 0.2) is 0 Å². The van der Waals surface area contributed by atoms with Gasteiger partial charge in [0.1, 0.15) is 0 Å². The average Bonchev–Trinajstić information content (AvgIpc) is 3.07. The Kier molecular flexibility index (Phi) is 9.33. The Morgan fingerprint density at radius 3 is 1.76 bits per heavy atom. The van der Waals surface area contributed by atoms with Gasteiger partial charge >= 0.3 is 11.2 Å². The molecule has 0 aliphatic heterocycles. The molecule has 0 aliphatic rings. The van der Waals surface area contributed by atoms with Crippen LogP contribution in [0.3, 0.4) is 0 Å². The predicted octanol–water partition coefficient (Wildman–Crippen LogP) is 9.65. The highest BCUT2D eigenvalue weighted by atomic mass is 16.3. The normalized spacial score (nSPS) is 11.1. The molecule has 6 heteroatoms. The van der Waals surface area contributed by atoms with Crippen LogP contribution in [0.1, 0.15) is 36.0 Å². The molecule has 0 atom stereocenters. The molecule has 0 bridgehead atoms. The number of aliphatic hydroxyl groups is 1. The van der Waals surface area contributed by atoms with Crippen LogP contribution in [-0.2, 0) is 0 Å². The standard InChI is InChI=1S/C39H38N3O3/c1-42(24-12-2-3-13-25-43)39(44)33-19-11-10-18-32(33)38-34-22-20-30(40-28-14-6-4-7-15-28)26-36(34)45-37-27-31(21-23-35(37)38)41-29-16-8-5-9-17-29/h4-11,14-23,26-27,40-41,43H,2-3,12-13,24-25H2,1H3/q+1. The van der Waals surface area contributed by atoms with Crippen molar-refractivity contribution in [1.29, 1.82) is 0 Å². The van der Waals surface area contributed by atoms with Gasteiger partial charge in [0.05, 0.1) is 22.9 Å². The van der Waals surface area contributed by atoms with Crippen LogP contribution in [0.15, 0.2) is 126 Å². The molecule has 0 radical (unpaired) electrons. The van der Waals surface area contributed by atoms with E-state index in [4.69, 9.17) is 9.52 Å². The van der Waals surface area contributed by atoms with Crippen LogP contribution < -0.4 is 10.6 Å². The Morgan fingerprint density at radius 2 is 1.18 bits per heavy atom. The highest BCUT2D eigenvalue weighted by Gasteiger charge is 2.25. The molecule has 6 nitrogen and oxygen atoms in total. The summed E-state index contributed by atoms with van der Waals surface area (Å²) in [6, 6.07) is 40.2. The van der Waals surface area contributed by atoms with E-state index >= 15 is 0 Å². The number of amides is 1. The molecule has 1 heterocycles. The Hall–Kier alpha value is -5.20. The van der Waals surface area contributed by atoms with Gasteiger partial charge in [0, 0.05) is 54.1 Å². The largest absolute Gasteiger partial charge is 0.396 e. The monoisotopic (exact) mass is 596 g/mol.